The number of carbonyl (C=O) groups excluding carboxylic acids is 7. The summed E-state index contributed by atoms with van der Waals surface area (Å²) in [5.74, 6) is -3.27. The van der Waals surface area contributed by atoms with Gasteiger partial charge in [0.2, 0.25) is 41.4 Å². The first kappa shape index (κ1) is 42.7. The molecule has 0 aliphatic carbocycles. The molecule has 3 aliphatic heterocycles. The van der Waals surface area contributed by atoms with Crippen LogP contribution in [-0.2, 0) is 33.6 Å². The summed E-state index contributed by atoms with van der Waals surface area (Å²) < 4.78 is 0. The molecule has 3 fully saturated rings. The van der Waals surface area contributed by atoms with Gasteiger partial charge < -0.3 is 36.4 Å². The molecule has 0 aromatic carbocycles. The van der Waals surface area contributed by atoms with E-state index < -0.39 is 65.8 Å². The summed E-state index contributed by atoms with van der Waals surface area (Å²) in [6, 6.07) is -6.03. The van der Waals surface area contributed by atoms with E-state index in [4.69, 9.17) is 0 Å². The molecule has 0 radical (unpaired) electrons. The lowest BCUT2D eigenvalue weighted by Crippen LogP contribution is -2.61. The number of nitrogens with zero attached hydrogens (tertiary/aromatic N) is 2. The van der Waals surface area contributed by atoms with Crippen molar-refractivity contribution < 1.29 is 33.6 Å². The summed E-state index contributed by atoms with van der Waals surface area (Å²) in [7, 11) is 0. The van der Waals surface area contributed by atoms with E-state index in [9.17, 15) is 33.6 Å². The Bertz CT molecular complexity index is 1280. The van der Waals surface area contributed by atoms with Gasteiger partial charge in [-0.15, -0.1) is 0 Å². The molecule has 294 valence electrons. The van der Waals surface area contributed by atoms with Crippen molar-refractivity contribution in [3.8, 4) is 0 Å². The highest BCUT2D eigenvalue weighted by atomic mass is 16.2. The number of nitrogens with one attached hydrogen (secondary N) is 5. The Morgan fingerprint density at radius 1 is 0.538 bits per heavy atom. The van der Waals surface area contributed by atoms with Crippen molar-refractivity contribution in [2.45, 2.75) is 156 Å². The van der Waals surface area contributed by atoms with Crippen molar-refractivity contribution in [3.05, 3.63) is 0 Å². The molecule has 3 aliphatic rings. The first-order chi connectivity index (χ1) is 24.5. The van der Waals surface area contributed by atoms with E-state index >= 15 is 0 Å². The standard InChI is InChI=1S/C38H65N7O7/c1-22(2)18-27-34(48)39-26(13-14-32(46)44-15-9-10-16-44)33(47)40-28(19-23(3)4)36(50)43-30(21-25(7)8)38(52)45-17-11-12-31(45)37(51)42-29(20-24(5)6)35(49)41-27/h22-31H,9-21H2,1-8H3,(H,39,48)(H,40,47)(H,41,49)(H,42,51)(H,43,50)/t26?,27-,28+,29-,30+,31-/m1/s1. The maximum absolute atomic E-state index is 14.1. The van der Waals surface area contributed by atoms with Crippen LogP contribution in [0.5, 0.6) is 0 Å². The highest BCUT2D eigenvalue weighted by molar-refractivity contribution is 5.98. The van der Waals surface area contributed by atoms with Gasteiger partial charge in [0.05, 0.1) is 0 Å². The van der Waals surface area contributed by atoms with Crippen molar-refractivity contribution in [1.82, 2.24) is 36.4 Å². The molecule has 3 rings (SSSR count). The monoisotopic (exact) mass is 731 g/mol. The van der Waals surface area contributed by atoms with Crippen LogP contribution in [0.25, 0.3) is 0 Å². The Labute approximate surface area is 310 Å². The normalized spacial score (nSPS) is 27.3. The van der Waals surface area contributed by atoms with Crippen LogP contribution in [0, 0.1) is 23.7 Å². The minimum atomic E-state index is -1.18. The van der Waals surface area contributed by atoms with E-state index in [1.54, 1.807) is 4.90 Å². The Hall–Kier alpha value is -3.71. The second-order valence-electron chi connectivity index (χ2n) is 16.6. The zero-order chi connectivity index (χ0) is 38.7. The highest BCUT2D eigenvalue weighted by Crippen LogP contribution is 2.22. The third kappa shape index (κ3) is 12.8. The first-order valence-corrected chi connectivity index (χ1v) is 19.6. The van der Waals surface area contributed by atoms with Gasteiger partial charge in [-0.3, -0.25) is 33.6 Å². The number of likely N-dealkylation sites (tertiary alicyclic amines) is 1. The minimum absolute atomic E-state index is 0.00504. The van der Waals surface area contributed by atoms with Gasteiger partial charge in [0, 0.05) is 26.1 Å². The average Bonchev–Trinajstić information content (AvgIpc) is 3.77. The van der Waals surface area contributed by atoms with Crippen molar-refractivity contribution in [3.63, 3.8) is 0 Å². The summed E-state index contributed by atoms with van der Waals surface area (Å²) in [6.45, 7) is 17.0. The van der Waals surface area contributed by atoms with Crippen molar-refractivity contribution in [2.75, 3.05) is 19.6 Å². The summed E-state index contributed by atoms with van der Waals surface area (Å²) in [6.07, 6.45) is 3.91. The van der Waals surface area contributed by atoms with Crippen molar-refractivity contribution in [1.29, 1.82) is 0 Å². The van der Waals surface area contributed by atoms with Gasteiger partial charge in [-0.1, -0.05) is 55.4 Å². The van der Waals surface area contributed by atoms with E-state index in [1.165, 1.54) is 4.90 Å². The van der Waals surface area contributed by atoms with E-state index in [1.807, 2.05) is 55.4 Å². The second kappa shape index (κ2) is 19.9. The number of amides is 7. The summed E-state index contributed by atoms with van der Waals surface area (Å²) >= 11 is 0. The van der Waals surface area contributed by atoms with Gasteiger partial charge in [-0.05, 0) is 81.5 Å². The van der Waals surface area contributed by atoms with E-state index in [-0.39, 0.29) is 61.2 Å². The molecule has 5 N–H and O–H groups in total. The Balaban J connectivity index is 2.06. The Morgan fingerprint density at radius 3 is 1.38 bits per heavy atom. The molecule has 52 heavy (non-hydrogen) atoms. The third-order valence-electron chi connectivity index (χ3n) is 9.92. The molecule has 0 aromatic heterocycles. The van der Waals surface area contributed by atoms with Crippen LogP contribution in [0.15, 0.2) is 0 Å². The molecule has 3 heterocycles. The fourth-order valence-electron chi connectivity index (χ4n) is 7.32. The van der Waals surface area contributed by atoms with Crippen LogP contribution < -0.4 is 26.6 Å². The molecule has 14 heteroatoms. The summed E-state index contributed by atoms with van der Waals surface area (Å²) in [5.41, 5.74) is 0. The number of hydrogen-bond donors (Lipinski definition) is 5. The Kier molecular flexibility index (Phi) is 16.4. The molecule has 0 bridgehead atoms. The predicted octanol–water partition coefficient (Wildman–Crippen LogP) is 2.00. The number of fused-ring (bicyclic) bond motifs is 1. The maximum atomic E-state index is 14.1. The molecule has 0 saturated carbocycles. The minimum Gasteiger partial charge on any atom is -0.343 e. The zero-order valence-electron chi connectivity index (χ0n) is 32.7. The van der Waals surface area contributed by atoms with Crippen LogP contribution in [-0.4, -0.2) is 107 Å². The molecular formula is C38H65N7O7. The predicted molar refractivity (Wildman–Crippen MR) is 197 cm³/mol. The van der Waals surface area contributed by atoms with Crippen molar-refractivity contribution in [2.24, 2.45) is 23.7 Å². The van der Waals surface area contributed by atoms with Crippen LogP contribution in [0.3, 0.4) is 0 Å². The lowest BCUT2D eigenvalue weighted by atomic mass is 9.98. The fraction of sp³-hybridized carbons (Fsp3) is 0.816. The number of rotatable bonds is 11. The fourth-order valence-corrected chi connectivity index (χ4v) is 7.32. The summed E-state index contributed by atoms with van der Waals surface area (Å²) in [5, 5.41) is 14.3. The van der Waals surface area contributed by atoms with E-state index in [0.717, 1.165) is 12.8 Å². The SMILES string of the molecule is CC(C)C[C@@H]1NC(=O)C(CCC(=O)N2CCCC2)NC(=O)[C@@H](CC(C)C)NC(=O)[C@@H](CC(C)C)NC(=O)[C@H]2CCCN2C(=O)[C@H](CC(C)C)NC1=O. The Morgan fingerprint density at radius 2 is 0.923 bits per heavy atom. The molecule has 0 aromatic rings. The van der Waals surface area contributed by atoms with Gasteiger partial charge in [-0.25, -0.2) is 0 Å². The third-order valence-corrected chi connectivity index (χ3v) is 9.92. The second-order valence-corrected chi connectivity index (χ2v) is 16.6. The van der Waals surface area contributed by atoms with Gasteiger partial charge in [0.25, 0.3) is 0 Å². The van der Waals surface area contributed by atoms with Crippen LogP contribution in [0.1, 0.15) is 120 Å². The zero-order valence-corrected chi connectivity index (χ0v) is 32.7. The topological polar surface area (TPSA) is 186 Å². The van der Waals surface area contributed by atoms with Crippen LogP contribution >= 0.6 is 0 Å². The van der Waals surface area contributed by atoms with Gasteiger partial charge >= 0.3 is 0 Å². The molecule has 1 unspecified atom stereocenters. The molecule has 14 nitrogen and oxygen atoms in total. The highest BCUT2D eigenvalue weighted by Gasteiger charge is 2.41. The molecule has 6 atom stereocenters. The van der Waals surface area contributed by atoms with Gasteiger partial charge in [0.15, 0.2) is 0 Å². The lowest BCUT2D eigenvalue weighted by molar-refractivity contribution is -0.143. The van der Waals surface area contributed by atoms with Crippen LogP contribution in [0.2, 0.25) is 0 Å². The average molecular weight is 732 g/mol. The largest absolute Gasteiger partial charge is 0.343 e. The van der Waals surface area contributed by atoms with Gasteiger partial charge in [0.1, 0.15) is 36.3 Å². The van der Waals surface area contributed by atoms with E-state index in [2.05, 4.69) is 26.6 Å². The molecular weight excluding hydrogens is 666 g/mol. The molecule has 3 saturated heterocycles. The number of hydrogen-bond acceptors (Lipinski definition) is 7. The smallest absolute Gasteiger partial charge is 0.245 e. The summed E-state index contributed by atoms with van der Waals surface area (Å²) in [4.78, 5) is 100. The lowest BCUT2D eigenvalue weighted by Gasteiger charge is -2.32. The van der Waals surface area contributed by atoms with Crippen LogP contribution in [0.4, 0.5) is 0 Å². The molecule has 0 spiro atoms. The quantitative estimate of drug-likeness (QED) is 0.215. The van der Waals surface area contributed by atoms with Gasteiger partial charge in [-0.2, -0.15) is 0 Å². The van der Waals surface area contributed by atoms with E-state index in [0.29, 0.717) is 45.3 Å². The first-order valence-electron chi connectivity index (χ1n) is 19.6. The number of carbonyl (C=O) groups is 7. The molecule has 7 amide bonds. The van der Waals surface area contributed by atoms with Crippen molar-refractivity contribution >= 4 is 41.4 Å². The maximum Gasteiger partial charge on any atom is 0.245 e.